The second kappa shape index (κ2) is 11.4. The summed E-state index contributed by atoms with van der Waals surface area (Å²) in [6, 6.07) is 15.1. The summed E-state index contributed by atoms with van der Waals surface area (Å²) in [7, 11) is 0. The summed E-state index contributed by atoms with van der Waals surface area (Å²) >= 11 is 6.07. The van der Waals surface area contributed by atoms with Gasteiger partial charge in [-0.05, 0) is 48.1 Å². The average molecular weight is 462 g/mol. The summed E-state index contributed by atoms with van der Waals surface area (Å²) in [5.41, 5.74) is 11.7. The molecule has 0 aliphatic carbocycles. The van der Waals surface area contributed by atoms with Gasteiger partial charge in [0.05, 0.1) is 18.2 Å². The van der Waals surface area contributed by atoms with Gasteiger partial charge in [-0.25, -0.2) is 0 Å². The van der Waals surface area contributed by atoms with Gasteiger partial charge in [0, 0.05) is 17.9 Å². The van der Waals surface area contributed by atoms with Gasteiger partial charge in [0.15, 0.2) is 0 Å². The minimum Gasteiger partial charge on any atom is -0.481 e. The van der Waals surface area contributed by atoms with Gasteiger partial charge in [0.2, 0.25) is 5.91 Å². The molecular weight excluding hydrogens is 434 g/mol. The molecule has 32 heavy (non-hydrogen) atoms. The lowest BCUT2D eigenvalue weighted by atomic mass is 9.97. The molecule has 4 atom stereocenters. The first kappa shape index (κ1) is 24.2. The zero-order valence-electron chi connectivity index (χ0n) is 17.5. The zero-order chi connectivity index (χ0) is 23.1. The number of benzene rings is 2. The number of hydrogen-bond acceptors (Lipinski definition) is 6. The van der Waals surface area contributed by atoms with Crippen molar-refractivity contribution in [1.29, 1.82) is 0 Å². The third-order valence-corrected chi connectivity index (χ3v) is 5.70. The van der Waals surface area contributed by atoms with Crippen molar-refractivity contribution in [2.75, 3.05) is 0 Å². The van der Waals surface area contributed by atoms with Crippen LogP contribution in [-0.2, 0) is 14.4 Å². The van der Waals surface area contributed by atoms with E-state index in [1.54, 1.807) is 0 Å². The fraction of sp³-hybridized carbons (Fsp3) is 0.391. The zero-order valence-corrected chi connectivity index (χ0v) is 18.3. The molecule has 3 rings (SSSR count). The molecule has 0 bridgehead atoms. The van der Waals surface area contributed by atoms with Gasteiger partial charge in [-0.3, -0.25) is 14.4 Å². The van der Waals surface area contributed by atoms with Crippen LogP contribution in [0.3, 0.4) is 0 Å². The van der Waals surface area contributed by atoms with Crippen molar-refractivity contribution in [3.63, 3.8) is 0 Å². The van der Waals surface area contributed by atoms with Gasteiger partial charge in [-0.15, -0.1) is 0 Å². The summed E-state index contributed by atoms with van der Waals surface area (Å²) in [6.07, 6.45) is -0.197. The lowest BCUT2D eigenvalue weighted by Crippen LogP contribution is -2.47. The lowest BCUT2D eigenvalue weighted by molar-refractivity contribution is -0.137. The number of carboxylic acid groups (broad SMARTS) is 1. The van der Waals surface area contributed by atoms with E-state index in [2.05, 4.69) is 10.8 Å². The number of carboxylic acids is 1. The Bertz CT molecular complexity index is 922. The van der Waals surface area contributed by atoms with Crippen LogP contribution in [0.25, 0.3) is 11.1 Å². The number of carbonyl (C=O) groups is 2. The number of nitrogens with one attached hydrogen (secondary N) is 2. The first-order valence-corrected chi connectivity index (χ1v) is 10.9. The average Bonchev–Trinajstić information content (AvgIpc) is 3.24. The number of nitrogens with two attached hydrogens (primary N) is 1. The highest BCUT2D eigenvalue weighted by molar-refractivity contribution is 6.30. The van der Waals surface area contributed by atoms with Gasteiger partial charge < -0.3 is 21.3 Å². The van der Waals surface area contributed by atoms with E-state index >= 15 is 0 Å². The molecule has 1 fully saturated rings. The van der Waals surface area contributed by atoms with Gasteiger partial charge in [-0.2, -0.15) is 5.48 Å². The third-order valence-electron chi connectivity index (χ3n) is 5.47. The summed E-state index contributed by atoms with van der Waals surface area (Å²) in [4.78, 5) is 28.5. The Hall–Kier alpha value is -2.49. The standard InChI is InChI=1S/C23H28ClN3O5/c24-17-3-1-2-16(12-17)14-4-6-15(7-5-14)20-13-18(32-27-20)8-10-21(28)26-19(23(25)31)9-11-22(29)30/h1-7,12,18-20,23,27,31H,8-11,13,25H2,(H,26,28)(H,29,30)/t18?,19?,20-,23?/m1/s1. The maximum Gasteiger partial charge on any atom is 0.303 e. The quantitative estimate of drug-likeness (QED) is 0.343. The molecule has 1 saturated heterocycles. The molecule has 1 aliphatic rings. The van der Waals surface area contributed by atoms with E-state index in [4.69, 9.17) is 27.3 Å². The van der Waals surface area contributed by atoms with E-state index in [0.717, 1.165) is 16.7 Å². The second-order valence-electron chi connectivity index (χ2n) is 7.91. The molecule has 2 aromatic carbocycles. The van der Waals surface area contributed by atoms with Gasteiger partial charge in [0.25, 0.3) is 0 Å². The maximum absolute atomic E-state index is 12.2. The number of aliphatic hydroxyl groups excluding tert-OH is 1. The number of aliphatic carboxylic acids is 1. The van der Waals surface area contributed by atoms with Gasteiger partial charge in [0.1, 0.15) is 6.23 Å². The molecule has 0 aromatic heterocycles. The summed E-state index contributed by atoms with van der Waals surface area (Å²) < 4.78 is 0. The van der Waals surface area contributed by atoms with Crippen LogP contribution in [0.2, 0.25) is 5.02 Å². The molecule has 3 unspecified atom stereocenters. The minimum atomic E-state index is -1.32. The Balaban J connectivity index is 1.47. The topological polar surface area (TPSA) is 134 Å². The van der Waals surface area contributed by atoms with Crippen LogP contribution >= 0.6 is 11.6 Å². The largest absolute Gasteiger partial charge is 0.481 e. The van der Waals surface area contributed by atoms with Crippen LogP contribution in [-0.4, -0.2) is 40.5 Å². The number of aliphatic hydroxyl groups is 1. The van der Waals surface area contributed by atoms with Gasteiger partial charge in [-0.1, -0.05) is 48.0 Å². The van der Waals surface area contributed by atoms with Crippen molar-refractivity contribution in [2.24, 2.45) is 5.73 Å². The molecule has 1 aliphatic heterocycles. The van der Waals surface area contributed by atoms with E-state index in [-0.39, 0.29) is 37.3 Å². The Morgan fingerprint density at radius 1 is 1.19 bits per heavy atom. The first-order chi connectivity index (χ1) is 15.3. The first-order valence-electron chi connectivity index (χ1n) is 10.5. The highest BCUT2D eigenvalue weighted by Crippen LogP contribution is 2.30. The lowest BCUT2D eigenvalue weighted by Gasteiger charge is -2.20. The van der Waals surface area contributed by atoms with Crippen molar-refractivity contribution in [1.82, 2.24) is 10.8 Å². The van der Waals surface area contributed by atoms with Crippen molar-refractivity contribution in [2.45, 2.75) is 56.5 Å². The summed E-state index contributed by atoms with van der Waals surface area (Å²) in [5, 5.41) is 21.6. The molecule has 172 valence electrons. The molecule has 8 nitrogen and oxygen atoms in total. The highest BCUT2D eigenvalue weighted by Gasteiger charge is 2.27. The monoisotopic (exact) mass is 461 g/mol. The van der Waals surface area contributed by atoms with E-state index < -0.39 is 18.2 Å². The Kier molecular flexibility index (Phi) is 8.60. The van der Waals surface area contributed by atoms with Crippen LogP contribution in [0.5, 0.6) is 0 Å². The Morgan fingerprint density at radius 2 is 1.94 bits per heavy atom. The smallest absolute Gasteiger partial charge is 0.303 e. The van der Waals surface area contributed by atoms with Crippen molar-refractivity contribution in [3.05, 3.63) is 59.1 Å². The van der Waals surface area contributed by atoms with Crippen LogP contribution < -0.4 is 16.5 Å². The predicted octanol–water partition coefficient (Wildman–Crippen LogP) is 2.75. The van der Waals surface area contributed by atoms with Crippen molar-refractivity contribution in [3.8, 4) is 11.1 Å². The maximum atomic E-state index is 12.2. The van der Waals surface area contributed by atoms with Gasteiger partial charge >= 0.3 is 5.97 Å². The summed E-state index contributed by atoms with van der Waals surface area (Å²) in [6.45, 7) is 0. The SMILES string of the molecule is NC(O)C(CCC(=O)O)NC(=O)CCC1C[C@H](c2ccc(-c3cccc(Cl)c3)cc2)NO1. The number of amides is 1. The molecule has 1 amide bonds. The Morgan fingerprint density at radius 3 is 2.59 bits per heavy atom. The van der Waals surface area contributed by atoms with E-state index in [0.29, 0.717) is 17.9 Å². The fourth-order valence-electron chi connectivity index (χ4n) is 3.67. The molecule has 6 N–H and O–H groups in total. The van der Waals surface area contributed by atoms with E-state index in [9.17, 15) is 14.7 Å². The molecular formula is C23H28ClN3O5. The molecule has 1 heterocycles. The van der Waals surface area contributed by atoms with Crippen molar-refractivity contribution < 1.29 is 24.6 Å². The number of rotatable bonds is 10. The fourth-order valence-corrected chi connectivity index (χ4v) is 3.86. The van der Waals surface area contributed by atoms with Crippen molar-refractivity contribution >= 4 is 23.5 Å². The number of hydroxylamine groups is 1. The second-order valence-corrected chi connectivity index (χ2v) is 8.35. The number of hydrogen-bond donors (Lipinski definition) is 5. The molecule has 0 radical (unpaired) electrons. The predicted molar refractivity (Wildman–Crippen MR) is 120 cm³/mol. The third kappa shape index (κ3) is 7.01. The highest BCUT2D eigenvalue weighted by atomic mass is 35.5. The molecule has 2 aromatic rings. The molecule has 0 spiro atoms. The molecule has 9 heteroatoms. The number of carbonyl (C=O) groups excluding carboxylic acids is 1. The normalized spacial score (nSPS) is 20.0. The Labute approximate surface area is 191 Å². The number of halogens is 1. The molecule has 0 saturated carbocycles. The van der Waals surface area contributed by atoms with Crippen LogP contribution in [0, 0.1) is 0 Å². The summed E-state index contributed by atoms with van der Waals surface area (Å²) in [5.74, 6) is -1.32. The van der Waals surface area contributed by atoms with Crippen LogP contribution in [0.1, 0.15) is 43.7 Å². The van der Waals surface area contributed by atoms with E-state index in [1.165, 1.54) is 0 Å². The van der Waals surface area contributed by atoms with Crippen LogP contribution in [0.4, 0.5) is 0 Å². The minimum absolute atomic E-state index is 0.0191. The van der Waals surface area contributed by atoms with Crippen LogP contribution in [0.15, 0.2) is 48.5 Å². The van der Waals surface area contributed by atoms with E-state index in [1.807, 2.05) is 48.5 Å².